The summed E-state index contributed by atoms with van der Waals surface area (Å²) in [7, 11) is 0. The predicted molar refractivity (Wildman–Crippen MR) is 67.8 cm³/mol. The summed E-state index contributed by atoms with van der Waals surface area (Å²) in [6.07, 6.45) is 0. The number of rotatable bonds is 3. The number of carboxylic acid groups (broad SMARTS) is 1. The molecule has 0 saturated heterocycles. The molecule has 0 unspecified atom stereocenters. The summed E-state index contributed by atoms with van der Waals surface area (Å²) in [6.45, 7) is 0. The first kappa shape index (κ1) is 12.6. The largest absolute Gasteiger partial charge is 0.478 e. The molecule has 0 aliphatic heterocycles. The maximum Gasteiger partial charge on any atom is 0.337 e. The van der Waals surface area contributed by atoms with Gasteiger partial charge in [0, 0.05) is 0 Å². The van der Waals surface area contributed by atoms with Gasteiger partial charge in [0.25, 0.3) is 0 Å². The Labute approximate surface area is 108 Å². The molecule has 0 heterocycles. The quantitative estimate of drug-likeness (QED) is 0.884. The van der Waals surface area contributed by atoms with Gasteiger partial charge < -0.3 is 10.4 Å². The molecular formula is C14H9FN2O2. The lowest BCUT2D eigenvalue weighted by atomic mass is 10.1. The summed E-state index contributed by atoms with van der Waals surface area (Å²) in [5.41, 5.74) is 0.895. The van der Waals surface area contributed by atoms with Crippen molar-refractivity contribution in [3.8, 4) is 6.07 Å². The molecule has 0 amide bonds. The zero-order valence-corrected chi connectivity index (χ0v) is 9.72. The number of nitrogens with one attached hydrogen (secondary N) is 1. The zero-order chi connectivity index (χ0) is 13.8. The van der Waals surface area contributed by atoms with Crippen LogP contribution in [-0.4, -0.2) is 11.1 Å². The van der Waals surface area contributed by atoms with Crippen molar-refractivity contribution in [2.75, 3.05) is 5.32 Å². The molecule has 0 aromatic heterocycles. The van der Waals surface area contributed by atoms with Gasteiger partial charge in [0.1, 0.15) is 11.9 Å². The highest BCUT2D eigenvalue weighted by atomic mass is 19.1. The Morgan fingerprint density at radius 1 is 1.21 bits per heavy atom. The van der Waals surface area contributed by atoms with E-state index in [0.717, 1.165) is 6.07 Å². The molecule has 0 atom stereocenters. The van der Waals surface area contributed by atoms with Crippen molar-refractivity contribution in [2.45, 2.75) is 0 Å². The highest BCUT2D eigenvalue weighted by molar-refractivity contribution is 5.95. The molecule has 2 N–H and O–H groups in total. The van der Waals surface area contributed by atoms with E-state index in [0.29, 0.717) is 11.4 Å². The first-order valence-electron chi connectivity index (χ1n) is 5.41. The molecule has 0 saturated carbocycles. The average molecular weight is 256 g/mol. The van der Waals surface area contributed by atoms with E-state index >= 15 is 0 Å². The SMILES string of the molecule is N#Cc1cc(F)ccc1Nc1ccccc1C(=O)O. The van der Waals surface area contributed by atoms with Crippen LogP contribution < -0.4 is 5.32 Å². The van der Waals surface area contributed by atoms with Gasteiger partial charge in [0.05, 0.1) is 22.5 Å². The number of anilines is 2. The topological polar surface area (TPSA) is 73.1 Å². The minimum atomic E-state index is -1.08. The molecule has 0 spiro atoms. The standard InChI is InChI=1S/C14H9FN2O2/c15-10-5-6-12(9(7-10)8-16)17-13-4-2-1-3-11(13)14(18)19/h1-7,17H,(H,18,19). The molecule has 0 aliphatic rings. The van der Waals surface area contributed by atoms with E-state index in [1.54, 1.807) is 18.2 Å². The van der Waals surface area contributed by atoms with Crippen LogP contribution in [0.5, 0.6) is 0 Å². The van der Waals surface area contributed by atoms with Crippen LogP contribution >= 0.6 is 0 Å². The summed E-state index contributed by atoms with van der Waals surface area (Å²) in [4.78, 5) is 11.1. The van der Waals surface area contributed by atoms with E-state index in [4.69, 9.17) is 10.4 Å². The number of nitriles is 1. The molecule has 0 fully saturated rings. The van der Waals surface area contributed by atoms with Gasteiger partial charge >= 0.3 is 5.97 Å². The third-order valence-electron chi connectivity index (χ3n) is 2.53. The molecule has 0 aliphatic carbocycles. The fourth-order valence-corrected chi connectivity index (χ4v) is 1.64. The second-order valence-electron chi connectivity index (χ2n) is 3.78. The van der Waals surface area contributed by atoms with Gasteiger partial charge in [-0.25, -0.2) is 9.18 Å². The van der Waals surface area contributed by atoms with Gasteiger partial charge in [-0.05, 0) is 30.3 Å². The van der Waals surface area contributed by atoms with Crippen molar-refractivity contribution >= 4 is 17.3 Å². The van der Waals surface area contributed by atoms with Gasteiger partial charge in [-0.3, -0.25) is 0 Å². The van der Waals surface area contributed by atoms with E-state index in [-0.39, 0.29) is 11.1 Å². The van der Waals surface area contributed by atoms with Gasteiger partial charge in [0.15, 0.2) is 0 Å². The van der Waals surface area contributed by atoms with Crippen LogP contribution in [0.4, 0.5) is 15.8 Å². The third kappa shape index (κ3) is 2.69. The minimum absolute atomic E-state index is 0.0794. The molecule has 2 aromatic rings. The Kier molecular flexibility index (Phi) is 3.44. The summed E-state index contributed by atoms with van der Waals surface area (Å²) < 4.78 is 13.0. The molecule has 0 bridgehead atoms. The average Bonchev–Trinajstić information content (AvgIpc) is 2.41. The Morgan fingerprint density at radius 3 is 2.63 bits per heavy atom. The molecule has 94 valence electrons. The molecule has 0 radical (unpaired) electrons. The number of hydrogen-bond donors (Lipinski definition) is 2. The van der Waals surface area contributed by atoms with Crippen molar-refractivity contribution in [3.63, 3.8) is 0 Å². The molecule has 19 heavy (non-hydrogen) atoms. The third-order valence-corrected chi connectivity index (χ3v) is 2.53. The van der Waals surface area contributed by atoms with Gasteiger partial charge in [-0.1, -0.05) is 12.1 Å². The van der Waals surface area contributed by atoms with Crippen LogP contribution in [0.3, 0.4) is 0 Å². The van der Waals surface area contributed by atoms with E-state index in [1.165, 1.54) is 18.2 Å². The lowest BCUT2D eigenvalue weighted by molar-refractivity contribution is 0.0698. The Hall–Kier alpha value is -2.87. The second kappa shape index (κ2) is 5.19. The first-order valence-corrected chi connectivity index (χ1v) is 5.41. The number of benzene rings is 2. The van der Waals surface area contributed by atoms with Crippen molar-refractivity contribution in [3.05, 3.63) is 59.4 Å². The van der Waals surface area contributed by atoms with Gasteiger partial charge in [0.2, 0.25) is 0 Å². The van der Waals surface area contributed by atoms with Crippen molar-refractivity contribution < 1.29 is 14.3 Å². The van der Waals surface area contributed by atoms with Crippen LogP contribution in [-0.2, 0) is 0 Å². The van der Waals surface area contributed by atoms with E-state index in [2.05, 4.69) is 5.32 Å². The van der Waals surface area contributed by atoms with E-state index in [1.807, 2.05) is 6.07 Å². The van der Waals surface area contributed by atoms with Crippen LogP contribution in [0, 0.1) is 17.1 Å². The fraction of sp³-hybridized carbons (Fsp3) is 0. The lowest BCUT2D eigenvalue weighted by Crippen LogP contribution is -2.03. The normalized spacial score (nSPS) is 9.68. The number of carboxylic acids is 1. The maximum atomic E-state index is 13.0. The predicted octanol–water partition coefficient (Wildman–Crippen LogP) is 3.14. The van der Waals surface area contributed by atoms with Crippen molar-refractivity contribution in [1.82, 2.24) is 0 Å². The Bertz CT molecular complexity index is 677. The van der Waals surface area contributed by atoms with Crippen LogP contribution in [0.2, 0.25) is 0 Å². The highest BCUT2D eigenvalue weighted by Crippen LogP contribution is 2.24. The van der Waals surface area contributed by atoms with Crippen LogP contribution in [0.1, 0.15) is 15.9 Å². The number of carbonyl (C=O) groups is 1. The van der Waals surface area contributed by atoms with E-state index < -0.39 is 11.8 Å². The summed E-state index contributed by atoms with van der Waals surface area (Å²) >= 11 is 0. The smallest absolute Gasteiger partial charge is 0.337 e. The maximum absolute atomic E-state index is 13.0. The van der Waals surface area contributed by atoms with E-state index in [9.17, 15) is 9.18 Å². The highest BCUT2D eigenvalue weighted by Gasteiger charge is 2.11. The fourth-order valence-electron chi connectivity index (χ4n) is 1.64. The molecule has 2 aromatic carbocycles. The zero-order valence-electron chi connectivity index (χ0n) is 9.72. The Balaban J connectivity index is 2.43. The molecule has 5 heteroatoms. The summed E-state index contributed by atoms with van der Waals surface area (Å²) in [6, 6.07) is 11.8. The number of halogens is 1. The van der Waals surface area contributed by atoms with Crippen LogP contribution in [0.25, 0.3) is 0 Å². The monoisotopic (exact) mass is 256 g/mol. The number of para-hydroxylation sites is 1. The molecular weight excluding hydrogens is 247 g/mol. The lowest BCUT2D eigenvalue weighted by Gasteiger charge is -2.10. The van der Waals surface area contributed by atoms with Crippen LogP contribution in [0.15, 0.2) is 42.5 Å². The molecule has 4 nitrogen and oxygen atoms in total. The number of hydrogen-bond acceptors (Lipinski definition) is 3. The second-order valence-corrected chi connectivity index (χ2v) is 3.78. The van der Waals surface area contributed by atoms with Gasteiger partial charge in [-0.2, -0.15) is 5.26 Å². The van der Waals surface area contributed by atoms with Gasteiger partial charge in [-0.15, -0.1) is 0 Å². The summed E-state index contributed by atoms with van der Waals surface area (Å²) in [5.74, 6) is -1.60. The number of nitrogens with zero attached hydrogens (tertiary/aromatic N) is 1. The minimum Gasteiger partial charge on any atom is -0.478 e. The van der Waals surface area contributed by atoms with Crippen molar-refractivity contribution in [1.29, 1.82) is 5.26 Å². The summed E-state index contributed by atoms with van der Waals surface area (Å²) in [5, 5.41) is 20.8. The van der Waals surface area contributed by atoms with Crippen molar-refractivity contribution in [2.24, 2.45) is 0 Å². The number of aromatic carboxylic acids is 1. The molecule has 2 rings (SSSR count). The Morgan fingerprint density at radius 2 is 1.95 bits per heavy atom. The first-order chi connectivity index (χ1) is 9.11.